The molecule has 1 aromatic carbocycles. The molecule has 2 aromatic rings. The summed E-state index contributed by atoms with van der Waals surface area (Å²) in [6.45, 7) is 6.48. The molecule has 124 valence electrons. The van der Waals surface area contributed by atoms with Gasteiger partial charge in [-0.2, -0.15) is 4.68 Å². The van der Waals surface area contributed by atoms with Crippen molar-refractivity contribution >= 4 is 17.7 Å². The molecule has 0 spiro atoms. The highest BCUT2D eigenvalue weighted by atomic mass is 32.2. The van der Waals surface area contributed by atoms with E-state index in [0.29, 0.717) is 17.5 Å². The number of nitrogens with one attached hydrogen (secondary N) is 1. The van der Waals surface area contributed by atoms with E-state index >= 15 is 0 Å². The van der Waals surface area contributed by atoms with Gasteiger partial charge in [0, 0.05) is 6.04 Å². The fourth-order valence-electron chi connectivity index (χ4n) is 1.88. The lowest BCUT2D eigenvalue weighted by atomic mass is 10.3. The Morgan fingerprint density at radius 2 is 2.17 bits per heavy atom. The first-order valence-electron chi connectivity index (χ1n) is 7.58. The molecule has 0 aliphatic rings. The lowest BCUT2D eigenvalue weighted by molar-refractivity contribution is -0.119. The Labute approximate surface area is 139 Å². The van der Waals surface area contributed by atoms with Gasteiger partial charge < -0.3 is 10.1 Å². The van der Waals surface area contributed by atoms with Crippen LogP contribution in [0.15, 0.2) is 29.4 Å². The Morgan fingerprint density at radius 3 is 2.91 bits per heavy atom. The fourth-order valence-corrected chi connectivity index (χ4v) is 2.57. The van der Waals surface area contributed by atoms with Crippen LogP contribution >= 0.6 is 11.8 Å². The van der Waals surface area contributed by atoms with Gasteiger partial charge in [0.1, 0.15) is 11.4 Å². The van der Waals surface area contributed by atoms with Crippen molar-refractivity contribution in [3.05, 3.63) is 24.3 Å². The molecule has 2 rings (SSSR count). The van der Waals surface area contributed by atoms with Crippen LogP contribution in [-0.4, -0.2) is 44.5 Å². The largest absolute Gasteiger partial charge is 0.492 e. The monoisotopic (exact) mass is 335 g/mol. The zero-order chi connectivity index (χ0) is 16.7. The molecule has 23 heavy (non-hydrogen) atoms. The van der Waals surface area contributed by atoms with Crippen LogP contribution in [0.5, 0.6) is 5.75 Å². The second-order valence-corrected chi connectivity index (χ2v) is 5.88. The smallest absolute Gasteiger partial charge is 0.230 e. The number of rotatable bonds is 8. The van der Waals surface area contributed by atoms with Gasteiger partial charge in [-0.15, -0.1) is 5.10 Å². The van der Waals surface area contributed by atoms with Crippen molar-refractivity contribution in [3.8, 4) is 11.4 Å². The van der Waals surface area contributed by atoms with Gasteiger partial charge in [-0.3, -0.25) is 4.79 Å². The van der Waals surface area contributed by atoms with Gasteiger partial charge in [0.2, 0.25) is 11.1 Å². The molecule has 1 amide bonds. The third kappa shape index (κ3) is 4.69. The van der Waals surface area contributed by atoms with Crippen molar-refractivity contribution in [3.63, 3.8) is 0 Å². The van der Waals surface area contributed by atoms with Gasteiger partial charge in [0.15, 0.2) is 0 Å². The van der Waals surface area contributed by atoms with Crippen LogP contribution in [0.3, 0.4) is 0 Å². The summed E-state index contributed by atoms with van der Waals surface area (Å²) >= 11 is 1.30. The highest BCUT2D eigenvalue weighted by molar-refractivity contribution is 7.99. The van der Waals surface area contributed by atoms with E-state index in [0.717, 1.165) is 12.1 Å². The molecule has 0 saturated heterocycles. The number of carbonyl (C=O) groups excluding carboxylic acids is 1. The van der Waals surface area contributed by atoms with Gasteiger partial charge in [-0.25, -0.2) is 0 Å². The maximum Gasteiger partial charge on any atom is 0.230 e. The van der Waals surface area contributed by atoms with Crippen molar-refractivity contribution in [2.24, 2.45) is 0 Å². The minimum atomic E-state index is -0.0306. The van der Waals surface area contributed by atoms with Crippen LogP contribution in [0.25, 0.3) is 5.69 Å². The number of amides is 1. The SMILES string of the molecule is CCOc1ccccc1-n1nnnc1SCC(=O)N[C@H](C)CC. The van der Waals surface area contributed by atoms with Crippen LogP contribution in [0.2, 0.25) is 0 Å². The molecule has 1 atom stereocenters. The second kappa shape index (κ2) is 8.52. The number of benzene rings is 1. The van der Waals surface area contributed by atoms with Gasteiger partial charge in [0.05, 0.1) is 12.4 Å². The van der Waals surface area contributed by atoms with Crippen LogP contribution in [0.1, 0.15) is 27.2 Å². The standard InChI is InChI=1S/C15H21N5O2S/c1-4-11(3)16-14(21)10-23-15-17-18-19-20(15)12-8-6-7-9-13(12)22-5-2/h6-9,11H,4-5,10H2,1-3H3,(H,16,21)/t11-/m1/s1. The molecular formula is C15H21N5O2S. The summed E-state index contributed by atoms with van der Waals surface area (Å²) in [5, 5.41) is 15.2. The number of nitrogens with zero attached hydrogens (tertiary/aromatic N) is 4. The van der Waals surface area contributed by atoms with Gasteiger partial charge >= 0.3 is 0 Å². The summed E-state index contributed by atoms with van der Waals surface area (Å²) in [5.41, 5.74) is 0.754. The van der Waals surface area contributed by atoms with Gasteiger partial charge in [0.25, 0.3) is 0 Å². The average Bonchev–Trinajstić information content (AvgIpc) is 3.02. The third-order valence-corrected chi connectivity index (χ3v) is 4.11. The highest BCUT2D eigenvalue weighted by Gasteiger charge is 2.15. The fraction of sp³-hybridized carbons (Fsp3) is 0.467. The van der Waals surface area contributed by atoms with E-state index in [1.165, 1.54) is 11.8 Å². The Bertz CT molecular complexity index is 646. The zero-order valence-electron chi connectivity index (χ0n) is 13.5. The van der Waals surface area contributed by atoms with E-state index in [9.17, 15) is 4.79 Å². The summed E-state index contributed by atoms with van der Waals surface area (Å²) in [6, 6.07) is 7.70. The van der Waals surface area contributed by atoms with E-state index in [-0.39, 0.29) is 17.7 Å². The number of para-hydroxylation sites is 2. The molecule has 0 bridgehead atoms. The number of aromatic nitrogens is 4. The quantitative estimate of drug-likeness (QED) is 0.744. The highest BCUT2D eigenvalue weighted by Crippen LogP contribution is 2.25. The lowest BCUT2D eigenvalue weighted by Gasteiger charge is -2.12. The number of hydrogen-bond acceptors (Lipinski definition) is 6. The Kier molecular flexibility index (Phi) is 6.40. The van der Waals surface area contributed by atoms with E-state index in [1.54, 1.807) is 4.68 Å². The van der Waals surface area contributed by atoms with E-state index in [1.807, 2.05) is 45.0 Å². The number of carbonyl (C=O) groups is 1. The van der Waals surface area contributed by atoms with Crippen molar-refractivity contribution in [2.45, 2.75) is 38.4 Å². The van der Waals surface area contributed by atoms with E-state index < -0.39 is 0 Å². The van der Waals surface area contributed by atoms with Crippen molar-refractivity contribution in [1.29, 1.82) is 0 Å². The molecule has 7 nitrogen and oxygen atoms in total. The summed E-state index contributed by atoms with van der Waals surface area (Å²) in [4.78, 5) is 11.9. The normalized spacial score (nSPS) is 12.0. The molecule has 1 aromatic heterocycles. The first-order valence-corrected chi connectivity index (χ1v) is 8.57. The number of ether oxygens (including phenoxy) is 1. The van der Waals surface area contributed by atoms with E-state index in [2.05, 4.69) is 20.8 Å². The molecule has 0 fully saturated rings. The topological polar surface area (TPSA) is 81.9 Å². The molecule has 8 heteroatoms. The molecule has 0 saturated carbocycles. The first kappa shape index (κ1) is 17.3. The van der Waals surface area contributed by atoms with E-state index in [4.69, 9.17) is 4.74 Å². The first-order chi connectivity index (χ1) is 11.2. The van der Waals surface area contributed by atoms with Crippen LogP contribution < -0.4 is 10.1 Å². The molecule has 0 aliphatic heterocycles. The third-order valence-electron chi connectivity index (χ3n) is 3.19. The van der Waals surface area contributed by atoms with Crippen LogP contribution in [-0.2, 0) is 4.79 Å². The van der Waals surface area contributed by atoms with Gasteiger partial charge in [-0.05, 0) is 42.8 Å². The van der Waals surface area contributed by atoms with Crippen molar-refractivity contribution in [1.82, 2.24) is 25.5 Å². The maximum atomic E-state index is 11.9. The predicted octanol–water partition coefficient (Wildman–Crippen LogP) is 2.07. The summed E-state index contributed by atoms with van der Waals surface area (Å²) < 4.78 is 7.19. The summed E-state index contributed by atoms with van der Waals surface area (Å²) in [7, 11) is 0. The minimum Gasteiger partial charge on any atom is -0.492 e. The van der Waals surface area contributed by atoms with Gasteiger partial charge in [-0.1, -0.05) is 30.8 Å². The zero-order valence-corrected chi connectivity index (χ0v) is 14.3. The molecule has 0 unspecified atom stereocenters. The number of hydrogen-bond donors (Lipinski definition) is 1. The maximum absolute atomic E-state index is 11.9. The lowest BCUT2D eigenvalue weighted by Crippen LogP contribution is -2.33. The van der Waals surface area contributed by atoms with Crippen LogP contribution in [0, 0.1) is 0 Å². The Balaban J connectivity index is 2.10. The van der Waals surface area contributed by atoms with Crippen LogP contribution in [0.4, 0.5) is 0 Å². The molecule has 0 aliphatic carbocycles. The Hall–Kier alpha value is -2.09. The predicted molar refractivity (Wildman–Crippen MR) is 88.9 cm³/mol. The van der Waals surface area contributed by atoms with Crippen molar-refractivity contribution in [2.75, 3.05) is 12.4 Å². The number of thioether (sulfide) groups is 1. The second-order valence-electron chi connectivity index (χ2n) is 4.94. The number of tetrazole rings is 1. The molecule has 1 heterocycles. The molecular weight excluding hydrogens is 314 g/mol. The molecule has 0 radical (unpaired) electrons. The minimum absolute atomic E-state index is 0.0306. The Morgan fingerprint density at radius 1 is 1.39 bits per heavy atom. The van der Waals surface area contributed by atoms with Crippen molar-refractivity contribution < 1.29 is 9.53 Å². The average molecular weight is 335 g/mol. The summed E-state index contributed by atoms with van der Waals surface area (Å²) in [5.74, 6) is 0.937. The summed E-state index contributed by atoms with van der Waals surface area (Å²) in [6.07, 6.45) is 0.899. The molecule has 1 N–H and O–H groups in total.